The monoisotopic (exact) mass is 375 g/mol. The van der Waals surface area contributed by atoms with Gasteiger partial charge in [-0.05, 0) is 48.4 Å². The third-order valence-corrected chi connectivity index (χ3v) is 5.55. The van der Waals surface area contributed by atoms with Gasteiger partial charge in [-0.1, -0.05) is 72.5 Å². The Morgan fingerprint density at radius 3 is 2.36 bits per heavy atom. The number of nitrogens with zero attached hydrogens (tertiary/aromatic N) is 1. The first-order chi connectivity index (χ1) is 12.0. The molecule has 0 heterocycles. The Labute approximate surface area is 159 Å². The molecule has 1 aliphatic rings. The van der Waals surface area contributed by atoms with Gasteiger partial charge in [0, 0.05) is 21.5 Å². The Balaban J connectivity index is 1.57. The minimum absolute atomic E-state index is 0.288. The van der Waals surface area contributed by atoms with E-state index in [1.807, 2.05) is 13.0 Å². The Kier molecular flexibility index (Phi) is 5.71. The number of benzene rings is 2. The molecule has 1 fully saturated rings. The Hall–Kier alpha value is -1.51. The molecular formula is C21H23Cl2NO. The summed E-state index contributed by atoms with van der Waals surface area (Å²) in [5, 5.41) is 5.50. The van der Waals surface area contributed by atoms with Gasteiger partial charge in [-0.2, -0.15) is 0 Å². The summed E-state index contributed by atoms with van der Waals surface area (Å²) in [4.78, 5) is 5.50. The quantitative estimate of drug-likeness (QED) is 0.401. The maximum absolute atomic E-state index is 6.14. The lowest BCUT2D eigenvalue weighted by molar-refractivity contribution is 0.129. The van der Waals surface area contributed by atoms with Crippen molar-refractivity contribution in [3.8, 4) is 0 Å². The largest absolute Gasteiger partial charge is 0.391 e. The molecule has 0 radical (unpaired) electrons. The number of hydrogen-bond acceptors (Lipinski definition) is 2. The van der Waals surface area contributed by atoms with Gasteiger partial charge in [-0.25, -0.2) is 0 Å². The summed E-state index contributed by atoms with van der Waals surface area (Å²) in [5.41, 5.74) is 4.57. The van der Waals surface area contributed by atoms with Gasteiger partial charge in [0.2, 0.25) is 0 Å². The Bertz CT molecular complexity index is 748. The van der Waals surface area contributed by atoms with Crippen LogP contribution in [0.1, 0.15) is 55.7 Å². The predicted molar refractivity (Wildman–Crippen MR) is 106 cm³/mol. The minimum atomic E-state index is 0.288. The molecule has 0 aromatic heterocycles. The van der Waals surface area contributed by atoms with E-state index >= 15 is 0 Å². The molecule has 2 aromatic carbocycles. The molecule has 25 heavy (non-hydrogen) atoms. The molecule has 0 saturated heterocycles. The van der Waals surface area contributed by atoms with Gasteiger partial charge in [-0.15, -0.1) is 0 Å². The van der Waals surface area contributed by atoms with Gasteiger partial charge in [0.15, 0.2) is 0 Å². The molecule has 1 saturated carbocycles. The average molecular weight is 376 g/mol. The third-order valence-electron chi connectivity index (χ3n) is 4.84. The van der Waals surface area contributed by atoms with Crippen molar-refractivity contribution in [2.75, 3.05) is 0 Å². The van der Waals surface area contributed by atoms with Crippen molar-refractivity contribution in [2.24, 2.45) is 11.1 Å². The van der Waals surface area contributed by atoms with E-state index < -0.39 is 0 Å². The zero-order chi connectivity index (χ0) is 18.0. The normalized spacial score (nSPS) is 20.0. The molecular weight excluding hydrogens is 353 g/mol. The van der Waals surface area contributed by atoms with Gasteiger partial charge in [0.05, 0.1) is 5.71 Å². The van der Waals surface area contributed by atoms with Crippen molar-refractivity contribution >= 4 is 28.9 Å². The van der Waals surface area contributed by atoms with Crippen LogP contribution in [0.15, 0.2) is 47.6 Å². The van der Waals surface area contributed by atoms with E-state index in [9.17, 15) is 0 Å². The third kappa shape index (κ3) is 4.37. The van der Waals surface area contributed by atoms with Crippen molar-refractivity contribution in [2.45, 2.75) is 45.6 Å². The highest BCUT2D eigenvalue weighted by atomic mass is 35.5. The summed E-state index contributed by atoms with van der Waals surface area (Å²) >= 11 is 12.3. The molecule has 2 unspecified atom stereocenters. The fraction of sp³-hybridized carbons (Fsp3) is 0.381. The van der Waals surface area contributed by atoms with Crippen LogP contribution in [-0.2, 0) is 11.4 Å². The number of halogens is 2. The van der Waals surface area contributed by atoms with Gasteiger partial charge < -0.3 is 4.84 Å². The second-order valence-electron chi connectivity index (χ2n) is 6.98. The van der Waals surface area contributed by atoms with E-state index in [0.717, 1.165) is 17.7 Å². The number of oxime groups is 1. The van der Waals surface area contributed by atoms with Crippen LogP contribution in [0.25, 0.3) is 0 Å². The summed E-state index contributed by atoms with van der Waals surface area (Å²) in [7, 11) is 0. The summed E-state index contributed by atoms with van der Waals surface area (Å²) in [5.74, 6) is 1.58. The molecule has 0 aliphatic heterocycles. The lowest BCUT2D eigenvalue weighted by Gasteiger charge is -2.07. The second-order valence-corrected chi connectivity index (χ2v) is 7.79. The first kappa shape index (κ1) is 18.3. The van der Waals surface area contributed by atoms with E-state index in [-0.39, 0.29) is 6.61 Å². The molecule has 132 valence electrons. The molecule has 3 rings (SSSR count). The molecule has 4 heteroatoms. The highest BCUT2D eigenvalue weighted by Gasteiger charge is 2.40. The SMILES string of the molecule is C/C(=N\OCc1c(Cl)cccc1Cl)C1CC1c1ccc(C(C)C)cc1. The fourth-order valence-corrected chi connectivity index (χ4v) is 3.60. The van der Waals surface area contributed by atoms with Gasteiger partial charge >= 0.3 is 0 Å². The number of rotatable bonds is 6. The van der Waals surface area contributed by atoms with E-state index in [1.165, 1.54) is 11.1 Å². The smallest absolute Gasteiger partial charge is 0.145 e. The van der Waals surface area contributed by atoms with E-state index in [0.29, 0.717) is 27.8 Å². The van der Waals surface area contributed by atoms with Gasteiger partial charge in [-0.3, -0.25) is 0 Å². The molecule has 0 bridgehead atoms. The topological polar surface area (TPSA) is 21.6 Å². The lowest BCUT2D eigenvalue weighted by atomic mass is 9.99. The predicted octanol–water partition coefficient (Wildman–Crippen LogP) is 6.81. The van der Waals surface area contributed by atoms with Crippen molar-refractivity contribution in [1.82, 2.24) is 0 Å². The molecule has 2 aromatic rings. The van der Waals surface area contributed by atoms with Crippen LogP contribution in [0, 0.1) is 5.92 Å². The molecule has 0 N–H and O–H groups in total. The first-order valence-electron chi connectivity index (χ1n) is 8.66. The lowest BCUT2D eigenvalue weighted by Crippen LogP contribution is -1.99. The van der Waals surface area contributed by atoms with Crippen molar-refractivity contribution in [3.05, 3.63) is 69.2 Å². The number of hydrogen-bond donors (Lipinski definition) is 0. The Morgan fingerprint density at radius 2 is 1.76 bits per heavy atom. The molecule has 1 aliphatic carbocycles. The van der Waals surface area contributed by atoms with E-state index in [2.05, 4.69) is 43.3 Å². The van der Waals surface area contributed by atoms with Crippen LogP contribution in [0.5, 0.6) is 0 Å². The summed E-state index contributed by atoms with van der Waals surface area (Å²) in [6, 6.07) is 14.4. The minimum Gasteiger partial charge on any atom is -0.391 e. The van der Waals surface area contributed by atoms with E-state index in [4.69, 9.17) is 28.0 Å². The van der Waals surface area contributed by atoms with Crippen LogP contribution in [-0.4, -0.2) is 5.71 Å². The highest BCUT2D eigenvalue weighted by molar-refractivity contribution is 6.35. The average Bonchev–Trinajstić information content (AvgIpc) is 3.38. The maximum Gasteiger partial charge on any atom is 0.145 e. The molecule has 2 nitrogen and oxygen atoms in total. The van der Waals surface area contributed by atoms with Crippen LogP contribution in [0.2, 0.25) is 10.0 Å². The summed E-state index contributed by atoms with van der Waals surface area (Å²) in [6.45, 7) is 6.75. The van der Waals surface area contributed by atoms with Crippen LogP contribution in [0.4, 0.5) is 0 Å². The highest BCUT2D eigenvalue weighted by Crippen LogP contribution is 2.48. The zero-order valence-corrected chi connectivity index (χ0v) is 16.3. The first-order valence-corrected chi connectivity index (χ1v) is 9.42. The van der Waals surface area contributed by atoms with Crippen LogP contribution < -0.4 is 0 Å². The van der Waals surface area contributed by atoms with E-state index in [1.54, 1.807) is 12.1 Å². The second kappa shape index (κ2) is 7.80. The summed E-state index contributed by atoms with van der Waals surface area (Å²) in [6.07, 6.45) is 1.13. The molecule has 2 atom stereocenters. The van der Waals surface area contributed by atoms with Crippen molar-refractivity contribution < 1.29 is 4.84 Å². The standard InChI is InChI=1S/C21H23Cl2NO/c1-13(2)15-7-9-16(10-8-15)18-11-17(18)14(3)24-25-12-19-20(22)5-4-6-21(19)23/h4-10,13,17-18H,11-12H2,1-3H3/b24-14+. The van der Waals surface area contributed by atoms with Crippen LogP contribution >= 0.6 is 23.2 Å². The molecule has 0 spiro atoms. The molecule has 0 amide bonds. The summed E-state index contributed by atoms with van der Waals surface area (Å²) < 4.78 is 0. The van der Waals surface area contributed by atoms with Crippen LogP contribution in [0.3, 0.4) is 0 Å². The maximum atomic E-state index is 6.14. The zero-order valence-electron chi connectivity index (χ0n) is 14.8. The van der Waals surface area contributed by atoms with Gasteiger partial charge in [0.1, 0.15) is 6.61 Å². The van der Waals surface area contributed by atoms with Crippen molar-refractivity contribution in [1.29, 1.82) is 0 Å². The van der Waals surface area contributed by atoms with Crippen molar-refractivity contribution in [3.63, 3.8) is 0 Å². The van der Waals surface area contributed by atoms with Gasteiger partial charge in [0.25, 0.3) is 0 Å². The fourth-order valence-electron chi connectivity index (χ4n) is 3.09. The Morgan fingerprint density at radius 1 is 1.12 bits per heavy atom.